The molecule has 0 heterocycles. The topological polar surface area (TPSA) is 86.8 Å². The van der Waals surface area contributed by atoms with Crippen LogP contribution < -0.4 is 9.62 Å². The highest BCUT2D eigenvalue weighted by Gasteiger charge is 2.35. The Bertz CT molecular complexity index is 1470. The summed E-state index contributed by atoms with van der Waals surface area (Å²) in [6, 6.07) is 16.2. The molecule has 0 aliphatic carbocycles. The van der Waals surface area contributed by atoms with Crippen LogP contribution >= 0.6 is 46.4 Å². The lowest BCUT2D eigenvalue weighted by atomic mass is 10.1. The normalized spacial score (nSPS) is 12.2. The molecule has 0 spiro atoms. The SMILES string of the molecule is CC[C@H](C(=O)NCC(C)C)N(Cc1c(Cl)cccc1Cl)C(=O)CN(c1cccc(Cl)c1Cl)S(=O)(=O)c1ccccc1. The molecule has 0 saturated carbocycles. The number of nitrogens with one attached hydrogen (secondary N) is 1. The number of hydrogen-bond acceptors (Lipinski definition) is 4. The van der Waals surface area contributed by atoms with Crippen LogP contribution in [0, 0.1) is 5.92 Å². The molecule has 12 heteroatoms. The van der Waals surface area contributed by atoms with E-state index in [1.807, 2.05) is 13.8 Å². The van der Waals surface area contributed by atoms with E-state index < -0.39 is 28.5 Å². The molecule has 0 aliphatic rings. The molecule has 3 aromatic carbocycles. The lowest BCUT2D eigenvalue weighted by Crippen LogP contribution is -2.52. The van der Waals surface area contributed by atoms with Crippen molar-refractivity contribution in [3.8, 4) is 0 Å². The molecule has 1 N–H and O–H groups in total. The summed E-state index contributed by atoms with van der Waals surface area (Å²) in [5.74, 6) is -0.867. The maximum absolute atomic E-state index is 14.1. The zero-order valence-electron chi connectivity index (χ0n) is 22.8. The van der Waals surface area contributed by atoms with Crippen LogP contribution in [0.4, 0.5) is 5.69 Å². The van der Waals surface area contributed by atoms with E-state index in [4.69, 9.17) is 46.4 Å². The van der Waals surface area contributed by atoms with Crippen molar-refractivity contribution in [2.45, 2.75) is 44.7 Å². The molecule has 0 radical (unpaired) electrons. The summed E-state index contributed by atoms with van der Waals surface area (Å²) in [4.78, 5) is 28.7. The van der Waals surface area contributed by atoms with Gasteiger partial charge in [0.2, 0.25) is 11.8 Å². The van der Waals surface area contributed by atoms with Gasteiger partial charge in [-0.2, -0.15) is 0 Å². The Morgan fingerprint density at radius 2 is 1.44 bits per heavy atom. The standard InChI is InChI=1S/C29H31Cl4N3O4S/c1-4-25(29(38)34-16-19(2)3)35(17-21-22(30)12-8-13-23(21)31)27(37)18-36(26-15-9-14-24(32)28(26)33)41(39,40)20-10-6-5-7-11-20/h5-15,19,25H,4,16-18H2,1-3H3,(H,34,38)/t25-/m1/s1. The molecule has 1 atom stereocenters. The van der Waals surface area contributed by atoms with Crippen molar-refractivity contribution in [3.63, 3.8) is 0 Å². The zero-order valence-corrected chi connectivity index (χ0v) is 26.6. The summed E-state index contributed by atoms with van der Waals surface area (Å²) >= 11 is 25.6. The summed E-state index contributed by atoms with van der Waals surface area (Å²) in [5.41, 5.74) is 0.446. The molecule has 7 nitrogen and oxygen atoms in total. The molecule has 3 rings (SSSR count). The van der Waals surface area contributed by atoms with Crippen molar-refractivity contribution in [3.05, 3.63) is 92.4 Å². The first-order valence-corrected chi connectivity index (χ1v) is 15.9. The molecule has 0 fully saturated rings. The van der Waals surface area contributed by atoms with Crippen molar-refractivity contribution in [2.75, 3.05) is 17.4 Å². The van der Waals surface area contributed by atoms with E-state index >= 15 is 0 Å². The number of halogens is 4. The smallest absolute Gasteiger partial charge is 0.264 e. The molecular weight excluding hydrogens is 628 g/mol. The van der Waals surface area contributed by atoms with Crippen LogP contribution in [0.3, 0.4) is 0 Å². The van der Waals surface area contributed by atoms with Gasteiger partial charge in [-0.1, -0.05) is 97.5 Å². The van der Waals surface area contributed by atoms with Gasteiger partial charge in [-0.05, 0) is 48.7 Å². The third-order valence-corrected chi connectivity index (χ3v) is 9.56. The van der Waals surface area contributed by atoms with Crippen molar-refractivity contribution in [1.29, 1.82) is 0 Å². The summed E-state index contributed by atoms with van der Waals surface area (Å²) in [7, 11) is -4.30. The molecule has 41 heavy (non-hydrogen) atoms. The first-order valence-electron chi connectivity index (χ1n) is 12.9. The third-order valence-electron chi connectivity index (χ3n) is 6.27. The fraction of sp³-hybridized carbons (Fsp3) is 0.310. The van der Waals surface area contributed by atoms with Gasteiger partial charge in [0.1, 0.15) is 12.6 Å². The number of hydrogen-bond donors (Lipinski definition) is 1. The van der Waals surface area contributed by atoms with Crippen molar-refractivity contribution >= 4 is 73.9 Å². The fourth-order valence-corrected chi connectivity index (χ4v) is 6.53. The Morgan fingerprint density at radius 1 is 0.854 bits per heavy atom. The van der Waals surface area contributed by atoms with E-state index in [1.165, 1.54) is 35.2 Å². The van der Waals surface area contributed by atoms with Crippen LogP contribution in [0.15, 0.2) is 71.6 Å². The van der Waals surface area contributed by atoms with Crippen LogP contribution in [0.25, 0.3) is 0 Å². The predicted molar refractivity (Wildman–Crippen MR) is 166 cm³/mol. The van der Waals surface area contributed by atoms with Gasteiger partial charge in [0.05, 0.1) is 20.6 Å². The average Bonchev–Trinajstić information content (AvgIpc) is 2.94. The minimum atomic E-state index is -4.30. The predicted octanol–water partition coefficient (Wildman–Crippen LogP) is 7.08. The van der Waals surface area contributed by atoms with E-state index in [-0.39, 0.29) is 45.4 Å². The largest absolute Gasteiger partial charge is 0.354 e. The number of nitrogens with zero attached hydrogens (tertiary/aromatic N) is 2. The number of carbonyl (C=O) groups excluding carboxylic acids is 2. The van der Waals surface area contributed by atoms with Gasteiger partial charge in [-0.3, -0.25) is 13.9 Å². The highest BCUT2D eigenvalue weighted by atomic mass is 35.5. The molecule has 3 aromatic rings. The number of anilines is 1. The second-order valence-corrected chi connectivity index (χ2v) is 13.1. The first kappa shape index (κ1) is 33.0. The Hall–Kier alpha value is -2.49. The molecule has 0 saturated heterocycles. The summed E-state index contributed by atoms with van der Waals surface area (Å²) < 4.78 is 28.7. The van der Waals surface area contributed by atoms with Crippen LogP contribution in [-0.4, -0.2) is 44.3 Å². The Labute approximate surface area is 261 Å². The van der Waals surface area contributed by atoms with Crippen LogP contribution in [-0.2, 0) is 26.2 Å². The number of carbonyl (C=O) groups is 2. The van der Waals surface area contributed by atoms with Gasteiger partial charge in [0.25, 0.3) is 10.0 Å². The lowest BCUT2D eigenvalue weighted by Gasteiger charge is -2.34. The Kier molecular flexibility index (Phi) is 11.8. The van der Waals surface area contributed by atoms with E-state index in [9.17, 15) is 18.0 Å². The van der Waals surface area contributed by atoms with E-state index in [1.54, 1.807) is 43.3 Å². The van der Waals surface area contributed by atoms with Gasteiger partial charge >= 0.3 is 0 Å². The Balaban J connectivity index is 2.12. The number of amides is 2. The van der Waals surface area contributed by atoms with Gasteiger partial charge < -0.3 is 10.2 Å². The summed E-state index contributed by atoms with van der Waals surface area (Å²) in [5, 5.41) is 3.56. The first-order chi connectivity index (χ1) is 19.4. The molecule has 0 unspecified atom stereocenters. The van der Waals surface area contributed by atoms with Crippen molar-refractivity contribution in [2.24, 2.45) is 5.92 Å². The number of sulfonamides is 1. The average molecular weight is 659 g/mol. The van der Waals surface area contributed by atoms with E-state index in [0.29, 0.717) is 22.2 Å². The van der Waals surface area contributed by atoms with E-state index in [2.05, 4.69) is 5.32 Å². The van der Waals surface area contributed by atoms with Gasteiger partial charge in [-0.25, -0.2) is 8.42 Å². The number of rotatable bonds is 12. The molecule has 0 aromatic heterocycles. The molecule has 0 bridgehead atoms. The molecule has 220 valence electrons. The lowest BCUT2D eigenvalue weighted by molar-refractivity contribution is -0.140. The second kappa shape index (κ2) is 14.6. The molecule has 0 aliphatic heterocycles. The second-order valence-electron chi connectivity index (χ2n) is 9.68. The minimum Gasteiger partial charge on any atom is -0.354 e. The van der Waals surface area contributed by atoms with E-state index in [0.717, 1.165) is 4.31 Å². The quantitative estimate of drug-likeness (QED) is 0.225. The van der Waals surface area contributed by atoms with Crippen molar-refractivity contribution < 1.29 is 18.0 Å². The maximum atomic E-state index is 14.1. The van der Waals surface area contributed by atoms with Gasteiger partial charge in [-0.15, -0.1) is 0 Å². The fourth-order valence-electron chi connectivity index (χ4n) is 4.11. The zero-order chi connectivity index (χ0) is 30.3. The monoisotopic (exact) mass is 657 g/mol. The molecule has 2 amide bonds. The maximum Gasteiger partial charge on any atom is 0.264 e. The number of benzene rings is 3. The highest BCUT2D eigenvalue weighted by Crippen LogP contribution is 2.36. The highest BCUT2D eigenvalue weighted by molar-refractivity contribution is 7.92. The summed E-state index contributed by atoms with van der Waals surface area (Å²) in [6.45, 7) is 5.27. The van der Waals surface area contributed by atoms with Crippen molar-refractivity contribution in [1.82, 2.24) is 10.2 Å². The van der Waals surface area contributed by atoms with Gasteiger partial charge in [0, 0.05) is 28.7 Å². The van der Waals surface area contributed by atoms with Crippen LogP contribution in [0.1, 0.15) is 32.8 Å². The third kappa shape index (κ3) is 8.08. The molecular formula is C29H31Cl4N3O4S. The van der Waals surface area contributed by atoms with Crippen LogP contribution in [0.5, 0.6) is 0 Å². The minimum absolute atomic E-state index is 0.0180. The Morgan fingerprint density at radius 3 is 2.02 bits per heavy atom. The summed E-state index contributed by atoms with van der Waals surface area (Å²) in [6.07, 6.45) is 0.251. The van der Waals surface area contributed by atoms with Crippen LogP contribution in [0.2, 0.25) is 20.1 Å². The van der Waals surface area contributed by atoms with Gasteiger partial charge in [0.15, 0.2) is 0 Å².